The normalized spacial score (nSPS) is 21.7. The Labute approximate surface area is 121 Å². The van der Waals surface area contributed by atoms with Gasteiger partial charge >= 0.3 is 5.97 Å². The van der Waals surface area contributed by atoms with E-state index in [2.05, 4.69) is 11.7 Å². The molecular formula is C16H15FN2O2. The zero-order valence-corrected chi connectivity index (χ0v) is 11.9. The number of esters is 1. The van der Waals surface area contributed by atoms with Gasteiger partial charge in [-0.3, -0.25) is 4.68 Å². The predicted molar refractivity (Wildman–Crippen MR) is 75.8 cm³/mol. The Balaban J connectivity index is 2.15. The third-order valence-corrected chi connectivity index (χ3v) is 3.72. The van der Waals surface area contributed by atoms with Crippen LogP contribution in [-0.2, 0) is 22.2 Å². The summed E-state index contributed by atoms with van der Waals surface area (Å²) in [6.45, 7) is 5.53. The van der Waals surface area contributed by atoms with Crippen molar-refractivity contribution in [2.24, 2.45) is 7.05 Å². The fourth-order valence-electron chi connectivity index (χ4n) is 2.72. The summed E-state index contributed by atoms with van der Waals surface area (Å²) in [5.74, 6) is -0.747. The minimum atomic E-state index is -0.826. The molecular weight excluding hydrogens is 271 g/mol. The summed E-state index contributed by atoms with van der Waals surface area (Å²) < 4.78 is 20.8. The van der Waals surface area contributed by atoms with Crippen molar-refractivity contribution in [2.45, 2.75) is 18.9 Å². The van der Waals surface area contributed by atoms with Crippen molar-refractivity contribution in [3.05, 3.63) is 54.1 Å². The Morgan fingerprint density at radius 1 is 1.48 bits per heavy atom. The maximum Gasteiger partial charge on any atom is 0.334 e. The highest BCUT2D eigenvalue weighted by atomic mass is 19.1. The SMILES string of the molecule is C=C1CC(C)(c2ccc(F)cc2-c2cnn(C)c2)OC1=O. The van der Waals surface area contributed by atoms with Gasteiger partial charge in [0, 0.05) is 36.4 Å². The Hall–Kier alpha value is -2.43. The number of aryl methyl sites for hydroxylation is 1. The fourth-order valence-corrected chi connectivity index (χ4v) is 2.72. The first-order valence-corrected chi connectivity index (χ1v) is 6.59. The second kappa shape index (κ2) is 4.55. The molecule has 108 valence electrons. The summed E-state index contributed by atoms with van der Waals surface area (Å²) >= 11 is 0. The number of rotatable bonds is 2. The highest BCUT2D eigenvalue weighted by Gasteiger charge is 2.41. The van der Waals surface area contributed by atoms with E-state index in [1.165, 1.54) is 12.1 Å². The van der Waals surface area contributed by atoms with Crippen LogP contribution in [0.3, 0.4) is 0 Å². The van der Waals surface area contributed by atoms with Crippen LogP contribution in [0.15, 0.2) is 42.7 Å². The van der Waals surface area contributed by atoms with E-state index in [0.29, 0.717) is 17.6 Å². The lowest BCUT2D eigenvalue weighted by Gasteiger charge is -2.25. The first-order chi connectivity index (χ1) is 9.89. The summed E-state index contributed by atoms with van der Waals surface area (Å²) in [6.07, 6.45) is 3.85. The number of hydrogen-bond donors (Lipinski definition) is 0. The monoisotopic (exact) mass is 286 g/mol. The van der Waals surface area contributed by atoms with Gasteiger partial charge in [0.05, 0.1) is 6.20 Å². The van der Waals surface area contributed by atoms with E-state index in [4.69, 9.17) is 4.74 Å². The lowest BCUT2D eigenvalue weighted by Crippen LogP contribution is -2.22. The van der Waals surface area contributed by atoms with Crippen LogP contribution < -0.4 is 0 Å². The van der Waals surface area contributed by atoms with Crippen LogP contribution in [0, 0.1) is 5.82 Å². The topological polar surface area (TPSA) is 44.1 Å². The molecule has 1 fully saturated rings. The van der Waals surface area contributed by atoms with E-state index >= 15 is 0 Å². The van der Waals surface area contributed by atoms with E-state index < -0.39 is 11.6 Å². The third-order valence-electron chi connectivity index (χ3n) is 3.72. The molecule has 1 aromatic carbocycles. The molecule has 21 heavy (non-hydrogen) atoms. The zero-order chi connectivity index (χ0) is 15.2. The largest absolute Gasteiger partial charge is 0.451 e. The van der Waals surface area contributed by atoms with Crippen LogP contribution >= 0.6 is 0 Å². The molecule has 3 rings (SSSR count). The number of benzene rings is 1. The number of carbonyl (C=O) groups excluding carboxylic acids is 1. The number of hydrogen-bond acceptors (Lipinski definition) is 3. The van der Waals surface area contributed by atoms with Gasteiger partial charge in [0.2, 0.25) is 0 Å². The lowest BCUT2D eigenvalue weighted by atomic mass is 9.86. The van der Waals surface area contributed by atoms with Crippen LogP contribution in [0.4, 0.5) is 4.39 Å². The molecule has 0 bridgehead atoms. The van der Waals surface area contributed by atoms with Crippen LogP contribution in [0.1, 0.15) is 18.9 Å². The number of carbonyl (C=O) groups is 1. The average molecular weight is 286 g/mol. The number of ether oxygens (including phenoxy) is 1. The van der Waals surface area contributed by atoms with Crippen molar-refractivity contribution in [1.82, 2.24) is 9.78 Å². The smallest absolute Gasteiger partial charge is 0.334 e. The fraction of sp³-hybridized carbons (Fsp3) is 0.250. The maximum atomic E-state index is 13.7. The van der Waals surface area contributed by atoms with Gasteiger partial charge in [0.1, 0.15) is 11.4 Å². The number of aromatic nitrogens is 2. The predicted octanol–water partition coefficient (Wildman–Crippen LogP) is 2.94. The van der Waals surface area contributed by atoms with Gasteiger partial charge in [-0.2, -0.15) is 5.10 Å². The zero-order valence-electron chi connectivity index (χ0n) is 11.9. The van der Waals surface area contributed by atoms with Crippen molar-refractivity contribution in [1.29, 1.82) is 0 Å². The molecule has 1 atom stereocenters. The van der Waals surface area contributed by atoms with Crippen molar-refractivity contribution >= 4 is 5.97 Å². The molecule has 0 radical (unpaired) electrons. The van der Waals surface area contributed by atoms with Gasteiger partial charge in [-0.15, -0.1) is 0 Å². The van der Waals surface area contributed by atoms with Gasteiger partial charge < -0.3 is 4.74 Å². The Morgan fingerprint density at radius 3 is 2.81 bits per heavy atom. The molecule has 1 saturated heterocycles. The van der Waals surface area contributed by atoms with E-state index in [1.54, 1.807) is 30.2 Å². The summed E-state index contributed by atoms with van der Waals surface area (Å²) in [5.41, 5.74) is 1.81. The average Bonchev–Trinajstić information content (AvgIpc) is 2.94. The third kappa shape index (κ3) is 2.24. The first-order valence-electron chi connectivity index (χ1n) is 6.59. The maximum absolute atomic E-state index is 13.7. The summed E-state index contributed by atoms with van der Waals surface area (Å²) in [5, 5.41) is 4.11. The van der Waals surface area contributed by atoms with E-state index in [1.807, 2.05) is 6.92 Å². The summed E-state index contributed by atoms with van der Waals surface area (Å²) in [6, 6.07) is 4.46. The highest BCUT2D eigenvalue weighted by Crippen LogP contribution is 2.42. The van der Waals surface area contributed by atoms with Crippen molar-refractivity contribution in [3.8, 4) is 11.1 Å². The summed E-state index contributed by atoms with van der Waals surface area (Å²) in [7, 11) is 1.79. The Morgan fingerprint density at radius 2 is 2.24 bits per heavy atom. The van der Waals surface area contributed by atoms with Gasteiger partial charge in [-0.25, -0.2) is 9.18 Å². The highest BCUT2D eigenvalue weighted by molar-refractivity contribution is 5.91. The van der Waals surface area contributed by atoms with Gasteiger partial charge in [0.25, 0.3) is 0 Å². The molecule has 2 heterocycles. The quantitative estimate of drug-likeness (QED) is 0.630. The molecule has 2 aromatic rings. The number of halogens is 1. The molecule has 5 heteroatoms. The molecule has 0 amide bonds. The molecule has 1 aliphatic heterocycles. The molecule has 4 nitrogen and oxygen atoms in total. The molecule has 1 aromatic heterocycles. The molecule has 1 aliphatic rings. The van der Waals surface area contributed by atoms with Crippen molar-refractivity contribution in [3.63, 3.8) is 0 Å². The second-order valence-corrected chi connectivity index (χ2v) is 5.49. The lowest BCUT2D eigenvalue weighted by molar-refractivity contribution is -0.145. The van der Waals surface area contributed by atoms with Gasteiger partial charge in [0.15, 0.2) is 0 Å². The van der Waals surface area contributed by atoms with Crippen LogP contribution in [-0.4, -0.2) is 15.7 Å². The van der Waals surface area contributed by atoms with Crippen LogP contribution in [0.5, 0.6) is 0 Å². The van der Waals surface area contributed by atoms with Crippen molar-refractivity contribution < 1.29 is 13.9 Å². The molecule has 0 saturated carbocycles. The molecule has 0 spiro atoms. The minimum absolute atomic E-state index is 0.343. The molecule has 0 aliphatic carbocycles. The van der Waals surface area contributed by atoms with Crippen LogP contribution in [0.25, 0.3) is 11.1 Å². The Kier molecular flexibility index (Phi) is 2.93. The van der Waals surface area contributed by atoms with E-state index in [-0.39, 0.29) is 5.82 Å². The molecule has 0 N–H and O–H groups in total. The van der Waals surface area contributed by atoms with Crippen LogP contribution in [0.2, 0.25) is 0 Å². The molecule has 1 unspecified atom stereocenters. The number of nitrogens with zero attached hydrogens (tertiary/aromatic N) is 2. The second-order valence-electron chi connectivity index (χ2n) is 5.49. The van der Waals surface area contributed by atoms with Crippen molar-refractivity contribution in [2.75, 3.05) is 0 Å². The Bertz CT molecular complexity index is 732. The standard InChI is InChI=1S/C16H15FN2O2/c1-10-7-16(2,21-15(10)20)14-5-4-12(17)6-13(14)11-8-18-19(3)9-11/h4-6,8-9H,1,7H2,2-3H3. The summed E-state index contributed by atoms with van der Waals surface area (Å²) in [4.78, 5) is 11.7. The van der Waals surface area contributed by atoms with Gasteiger partial charge in [-0.05, 0) is 24.6 Å². The van der Waals surface area contributed by atoms with Gasteiger partial charge in [-0.1, -0.05) is 12.6 Å². The number of cyclic esters (lactones) is 1. The van der Waals surface area contributed by atoms with E-state index in [0.717, 1.165) is 11.1 Å². The first kappa shape index (κ1) is 13.5. The minimum Gasteiger partial charge on any atom is -0.451 e. The van der Waals surface area contributed by atoms with E-state index in [9.17, 15) is 9.18 Å².